The number of hydrogen-bond donors (Lipinski definition) is 1. The van der Waals surface area contributed by atoms with E-state index in [-0.39, 0.29) is 18.2 Å². The average molecular weight is 536 g/mol. The maximum Gasteiger partial charge on any atom is 0.410 e. The second-order valence-electron chi connectivity index (χ2n) is 9.11. The lowest BCUT2D eigenvalue weighted by Gasteiger charge is -2.31. The summed E-state index contributed by atoms with van der Waals surface area (Å²) >= 11 is 0. The molecule has 2 aromatic rings. The van der Waals surface area contributed by atoms with Gasteiger partial charge in [-0.3, -0.25) is 4.79 Å². The zero-order valence-electron chi connectivity index (χ0n) is 23.2. The Hall–Kier alpha value is -2.83. The van der Waals surface area contributed by atoms with Gasteiger partial charge in [-0.15, -0.1) is 0 Å². The van der Waals surface area contributed by atoms with Crippen LogP contribution in [0.15, 0.2) is 48.5 Å². The summed E-state index contributed by atoms with van der Waals surface area (Å²) in [5.41, 5.74) is 2.32. The van der Waals surface area contributed by atoms with E-state index in [1.54, 1.807) is 43.0 Å². The Kier molecular flexibility index (Phi) is 13.4. The van der Waals surface area contributed by atoms with Gasteiger partial charge in [0.05, 0.1) is 12.8 Å². The third-order valence-corrected chi connectivity index (χ3v) is 6.16. The Morgan fingerprint density at radius 3 is 2.22 bits per heavy atom. The Bertz CT molecular complexity index is 1030. The van der Waals surface area contributed by atoms with E-state index >= 15 is 0 Å². The van der Waals surface area contributed by atoms with E-state index in [9.17, 15) is 19.0 Å². The van der Waals surface area contributed by atoms with E-state index in [1.807, 2.05) is 58.9 Å². The highest BCUT2D eigenvalue weighted by atomic mass is 31.2. The summed E-state index contributed by atoms with van der Waals surface area (Å²) in [6.45, 7) is 14.6. The van der Waals surface area contributed by atoms with Gasteiger partial charge in [-0.05, 0) is 62.9 Å². The van der Waals surface area contributed by atoms with Crippen LogP contribution in [0.5, 0.6) is 5.75 Å². The molecule has 2 aromatic carbocycles. The number of para-hydroxylation sites is 1. The van der Waals surface area contributed by atoms with Crippen molar-refractivity contribution in [1.29, 1.82) is 0 Å². The number of carbonyl (C=O) groups excluding carboxylic acids is 2. The number of fused-ring (bicyclic) bond motifs is 1. The molecule has 1 amide bonds. The molecule has 8 nitrogen and oxygen atoms in total. The minimum absolute atomic E-state index is 0.0645. The van der Waals surface area contributed by atoms with E-state index in [0.717, 1.165) is 16.7 Å². The van der Waals surface area contributed by atoms with Crippen LogP contribution in [0.25, 0.3) is 0 Å². The number of ether oxygens (including phenoxy) is 2. The molecule has 0 spiro atoms. The number of nitrogens with zero attached hydrogens (tertiary/aromatic N) is 1. The fourth-order valence-electron chi connectivity index (χ4n) is 3.36. The molecule has 0 radical (unpaired) electrons. The molecule has 0 bridgehead atoms. The van der Waals surface area contributed by atoms with Gasteiger partial charge in [0.1, 0.15) is 11.4 Å². The van der Waals surface area contributed by atoms with Gasteiger partial charge < -0.3 is 23.8 Å². The lowest BCUT2D eigenvalue weighted by Crippen LogP contribution is -2.39. The van der Waals surface area contributed by atoms with Crippen molar-refractivity contribution in [2.24, 2.45) is 0 Å². The van der Waals surface area contributed by atoms with Crippen molar-refractivity contribution in [3.05, 3.63) is 65.2 Å². The highest BCUT2D eigenvalue weighted by molar-refractivity contribution is 7.52. The fourth-order valence-corrected chi connectivity index (χ4v) is 4.53. The lowest BCUT2D eigenvalue weighted by atomic mass is 9.98. The minimum Gasteiger partial charge on any atom is -0.466 e. The number of hydrogen-bond acceptors (Lipinski definition) is 6. The number of carbonyl (C=O) groups is 2. The first-order valence-corrected chi connectivity index (χ1v) is 14.5. The Morgan fingerprint density at radius 1 is 1.03 bits per heavy atom. The molecule has 0 saturated heterocycles. The summed E-state index contributed by atoms with van der Waals surface area (Å²) in [6, 6.07) is 14.3. The number of rotatable bonds is 6. The second kappa shape index (κ2) is 15.4. The van der Waals surface area contributed by atoms with Gasteiger partial charge in [0, 0.05) is 19.5 Å². The molecule has 0 aromatic heterocycles. The zero-order valence-corrected chi connectivity index (χ0v) is 24.0. The quantitative estimate of drug-likeness (QED) is 0.323. The summed E-state index contributed by atoms with van der Waals surface area (Å²) in [5, 5.41) is 0. The van der Waals surface area contributed by atoms with E-state index in [2.05, 4.69) is 4.74 Å². The van der Waals surface area contributed by atoms with Gasteiger partial charge in [-0.2, -0.15) is 0 Å². The summed E-state index contributed by atoms with van der Waals surface area (Å²) in [5.74, 6) is 0.252. The molecule has 1 heterocycles. The van der Waals surface area contributed by atoms with Crippen LogP contribution in [0, 0.1) is 0 Å². The van der Waals surface area contributed by atoms with Gasteiger partial charge in [0.25, 0.3) is 0 Å². The predicted molar refractivity (Wildman–Crippen MR) is 146 cm³/mol. The first-order chi connectivity index (χ1) is 17.4. The molecule has 9 heteroatoms. The molecule has 1 N–H and O–H groups in total. The molecule has 0 saturated carbocycles. The average Bonchev–Trinajstić information content (AvgIpc) is 2.84. The van der Waals surface area contributed by atoms with E-state index in [0.29, 0.717) is 38.3 Å². The van der Waals surface area contributed by atoms with Crippen LogP contribution in [-0.4, -0.2) is 40.6 Å². The van der Waals surface area contributed by atoms with Crippen molar-refractivity contribution in [3.8, 4) is 5.75 Å². The largest absolute Gasteiger partial charge is 0.466 e. The molecule has 0 aliphatic carbocycles. The van der Waals surface area contributed by atoms with Gasteiger partial charge >= 0.3 is 19.7 Å². The van der Waals surface area contributed by atoms with E-state index in [1.165, 1.54) is 0 Å². The van der Waals surface area contributed by atoms with Crippen molar-refractivity contribution in [3.63, 3.8) is 0 Å². The van der Waals surface area contributed by atoms with Crippen LogP contribution in [0.1, 0.15) is 71.6 Å². The number of esters is 1. The molecule has 1 unspecified atom stereocenters. The van der Waals surface area contributed by atoms with E-state index < -0.39 is 13.2 Å². The lowest BCUT2D eigenvalue weighted by molar-refractivity contribution is -0.142. The molecule has 1 aliphatic rings. The highest BCUT2D eigenvalue weighted by Gasteiger charge is 2.27. The molecule has 1 aliphatic heterocycles. The normalized spacial score (nSPS) is 13.9. The molecular weight excluding hydrogens is 493 g/mol. The third kappa shape index (κ3) is 12.3. The zero-order chi connectivity index (χ0) is 28.1. The van der Waals surface area contributed by atoms with Crippen LogP contribution in [-0.2, 0) is 38.0 Å². The minimum atomic E-state index is -3.81. The van der Waals surface area contributed by atoms with Crippen LogP contribution in [0.4, 0.5) is 4.79 Å². The van der Waals surface area contributed by atoms with Crippen molar-refractivity contribution >= 4 is 19.7 Å². The molecule has 206 valence electrons. The SMILES string of the molecule is CC.CC(C)(C)OC(=O)N1CCc2cc(CP(=O)(O)Oc3ccccc3)ccc2C1.CCOC(=O)CC. The first-order valence-electron chi connectivity index (χ1n) is 12.7. The van der Waals surface area contributed by atoms with Crippen LogP contribution >= 0.6 is 7.60 Å². The summed E-state index contributed by atoms with van der Waals surface area (Å²) < 4.78 is 27.7. The van der Waals surface area contributed by atoms with Gasteiger partial charge in [-0.25, -0.2) is 9.36 Å². The standard InChI is InChI=1S/C21H26NO5P.C5H10O2.C2H6/c1-21(2,3)26-20(23)22-12-11-17-13-16(9-10-18(17)14-22)15-28(24,25)27-19-7-5-4-6-8-19;1-3-5(6)7-4-2;1-2/h4-10,13H,11-12,14-15H2,1-3H3,(H,24,25);3-4H2,1-2H3;1-2H3. The number of benzene rings is 2. The van der Waals surface area contributed by atoms with Crippen molar-refractivity contribution in [2.45, 2.75) is 79.6 Å². The third-order valence-electron chi connectivity index (χ3n) is 4.90. The topological polar surface area (TPSA) is 102 Å². The molecule has 3 rings (SSSR count). The fraction of sp³-hybridized carbons (Fsp3) is 0.500. The second-order valence-corrected chi connectivity index (χ2v) is 10.9. The molecular formula is C28H42NO7P. The Labute approximate surface area is 221 Å². The summed E-state index contributed by atoms with van der Waals surface area (Å²) in [6.07, 6.45) is 0.773. The maximum absolute atomic E-state index is 12.5. The summed E-state index contributed by atoms with van der Waals surface area (Å²) in [7, 11) is -3.81. The molecule has 1 atom stereocenters. The van der Waals surface area contributed by atoms with Crippen LogP contribution in [0.2, 0.25) is 0 Å². The maximum atomic E-state index is 12.5. The molecule has 0 fully saturated rings. The van der Waals surface area contributed by atoms with Crippen molar-refractivity contribution < 1.29 is 33.0 Å². The monoisotopic (exact) mass is 535 g/mol. The van der Waals surface area contributed by atoms with Gasteiger partial charge in [0.15, 0.2) is 0 Å². The predicted octanol–water partition coefficient (Wildman–Crippen LogP) is 6.73. The van der Waals surface area contributed by atoms with Crippen LogP contribution < -0.4 is 4.52 Å². The number of amides is 1. The van der Waals surface area contributed by atoms with Crippen LogP contribution in [0.3, 0.4) is 0 Å². The Morgan fingerprint density at radius 2 is 1.68 bits per heavy atom. The highest BCUT2D eigenvalue weighted by Crippen LogP contribution is 2.46. The van der Waals surface area contributed by atoms with Gasteiger partial charge in [-0.1, -0.05) is 57.2 Å². The first kappa shape index (κ1) is 32.2. The van der Waals surface area contributed by atoms with Crippen molar-refractivity contribution in [2.75, 3.05) is 13.2 Å². The van der Waals surface area contributed by atoms with Crippen molar-refractivity contribution in [1.82, 2.24) is 4.90 Å². The Balaban J connectivity index is 0.000000659. The molecule has 37 heavy (non-hydrogen) atoms. The van der Waals surface area contributed by atoms with E-state index in [4.69, 9.17) is 9.26 Å². The van der Waals surface area contributed by atoms with Gasteiger partial charge in [0.2, 0.25) is 0 Å². The summed E-state index contributed by atoms with van der Waals surface area (Å²) in [4.78, 5) is 34.4. The smallest absolute Gasteiger partial charge is 0.410 e.